The van der Waals surface area contributed by atoms with Crippen LogP contribution in [0.4, 0.5) is 0 Å². The zero-order chi connectivity index (χ0) is 12.1. The first-order valence-corrected chi connectivity index (χ1v) is 7.36. The first-order chi connectivity index (χ1) is 7.93. The van der Waals surface area contributed by atoms with Crippen molar-refractivity contribution in [1.29, 1.82) is 0 Å². The standard InChI is InChI=1S/C15H27NO/c1-13(2)7-8-15(16,11-13)12-4-9-17-14(10-12)5-3-6-14/h12H,3-11,16H2,1-2H3. The number of hydrogen-bond acceptors (Lipinski definition) is 2. The van der Waals surface area contributed by atoms with Crippen molar-refractivity contribution in [3.63, 3.8) is 0 Å². The monoisotopic (exact) mass is 237 g/mol. The minimum atomic E-state index is 0.107. The van der Waals surface area contributed by atoms with Crippen molar-refractivity contribution >= 4 is 0 Å². The maximum Gasteiger partial charge on any atom is 0.0686 e. The highest BCUT2D eigenvalue weighted by Gasteiger charge is 2.51. The van der Waals surface area contributed by atoms with Crippen LogP contribution in [0, 0.1) is 11.3 Å². The van der Waals surface area contributed by atoms with E-state index < -0.39 is 0 Å². The van der Waals surface area contributed by atoms with Crippen LogP contribution in [0.25, 0.3) is 0 Å². The van der Waals surface area contributed by atoms with E-state index in [2.05, 4.69) is 13.8 Å². The maximum absolute atomic E-state index is 6.75. The molecule has 3 rings (SSSR count). The van der Waals surface area contributed by atoms with E-state index in [0.717, 1.165) is 6.61 Å². The smallest absolute Gasteiger partial charge is 0.0686 e. The molecule has 0 bridgehead atoms. The van der Waals surface area contributed by atoms with Crippen molar-refractivity contribution in [2.45, 2.75) is 76.4 Å². The molecule has 2 N–H and O–H groups in total. The maximum atomic E-state index is 6.75. The normalized spacial score (nSPS) is 43.6. The fraction of sp³-hybridized carbons (Fsp3) is 1.00. The fourth-order valence-corrected chi connectivity index (χ4v) is 4.43. The summed E-state index contributed by atoms with van der Waals surface area (Å²) in [6.07, 6.45) is 10.1. The van der Waals surface area contributed by atoms with E-state index in [1.807, 2.05) is 0 Å². The summed E-state index contributed by atoms with van der Waals surface area (Å²) in [5, 5.41) is 0. The quantitative estimate of drug-likeness (QED) is 0.760. The zero-order valence-corrected chi connectivity index (χ0v) is 11.4. The van der Waals surface area contributed by atoms with Crippen LogP contribution in [0.3, 0.4) is 0 Å². The van der Waals surface area contributed by atoms with E-state index >= 15 is 0 Å². The van der Waals surface area contributed by atoms with Crippen molar-refractivity contribution in [2.24, 2.45) is 17.1 Å². The van der Waals surface area contributed by atoms with E-state index in [1.165, 1.54) is 51.4 Å². The molecular formula is C15H27NO. The molecule has 2 aliphatic carbocycles. The molecule has 0 radical (unpaired) electrons. The second-order valence-corrected chi connectivity index (χ2v) is 7.65. The van der Waals surface area contributed by atoms with Gasteiger partial charge in [0.15, 0.2) is 0 Å². The number of nitrogens with two attached hydrogens (primary N) is 1. The van der Waals surface area contributed by atoms with Crippen molar-refractivity contribution in [3.05, 3.63) is 0 Å². The lowest BCUT2D eigenvalue weighted by Gasteiger charge is -2.51. The van der Waals surface area contributed by atoms with Crippen LogP contribution in [0.2, 0.25) is 0 Å². The third kappa shape index (κ3) is 2.04. The van der Waals surface area contributed by atoms with Crippen molar-refractivity contribution in [1.82, 2.24) is 0 Å². The van der Waals surface area contributed by atoms with Gasteiger partial charge in [-0.15, -0.1) is 0 Å². The van der Waals surface area contributed by atoms with E-state index in [9.17, 15) is 0 Å². The second kappa shape index (κ2) is 3.71. The number of rotatable bonds is 1. The van der Waals surface area contributed by atoms with Crippen molar-refractivity contribution in [2.75, 3.05) is 6.61 Å². The third-order valence-corrected chi connectivity index (χ3v) is 5.65. The molecule has 3 fully saturated rings. The largest absolute Gasteiger partial charge is 0.375 e. The van der Waals surface area contributed by atoms with Gasteiger partial charge < -0.3 is 10.5 Å². The summed E-state index contributed by atoms with van der Waals surface area (Å²) in [7, 11) is 0. The average Bonchev–Trinajstić information content (AvgIpc) is 2.52. The van der Waals surface area contributed by atoms with Gasteiger partial charge in [0.2, 0.25) is 0 Å². The lowest BCUT2D eigenvalue weighted by molar-refractivity contribution is -0.152. The van der Waals surface area contributed by atoms with Gasteiger partial charge in [0.1, 0.15) is 0 Å². The Labute approximate surface area is 105 Å². The van der Waals surface area contributed by atoms with Crippen molar-refractivity contribution < 1.29 is 4.74 Å². The first kappa shape index (κ1) is 12.0. The Hall–Kier alpha value is -0.0800. The third-order valence-electron chi connectivity index (χ3n) is 5.65. The molecule has 2 saturated carbocycles. The summed E-state index contributed by atoms with van der Waals surface area (Å²) in [5.74, 6) is 0.707. The molecule has 0 aromatic rings. The average molecular weight is 237 g/mol. The van der Waals surface area contributed by atoms with E-state index in [-0.39, 0.29) is 11.1 Å². The van der Waals surface area contributed by atoms with Crippen LogP contribution in [-0.4, -0.2) is 17.7 Å². The Bertz CT molecular complexity index is 308. The molecule has 1 heterocycles. The summed E-state index contributed by atoms with van der Waals surface area (Å²) in [6, 6.07) is 0. The van der Waals surface area contributed by atoms with Crippen LogP contribution in [0.15, 0.2) is 0 Å². The topological polar surface area (TPSA) is 35.2 Å². The molecule has 1 aliphatic heterocycles. The summed E-state index contributed by atoms with van der Waals surface area (Å²) < 4.78 is 6.03. The van der Waals surface area contributed by atoms with Gasteiger partial charge in [0.05, 0.1) is 5.60 Å². The van der Waals surface area contributed by atoms with Gasteiger partial charge in [0.25, 0.3) is 0 Å². The predicted octanol–water partition coefficient (Wildman–Crippen LogP) is 3.24. The summed E-state index contributed by atoms with van der Waals surface area (Å²) in [5.41, 5.74) is 7.57. The first-order valence-electron chi connectivity index (χ1n) is 7.36. The molecule has 17 heavy (non-hydrogen) atoms. The van der Waals surface area contributed by atoms with Crippen LogP contribution >= 0.6 is 0 Å². The van der Waals surface area contributed by atoms with Crippen molar-refractivity contribution in [3.8, 4) is 0 Å². The van der Waals surface area contributed by atoms with E-state index in [1.54, 1.807) is 0 Å². The van der Waals surface area contributed by atoms with Crippen LogP contribution in [0.1, 0.15) is 65.2 Å². The highest BCUT2D eigenvalue weighted by Crippen LogP contribution is 2.52. The van der Waals surface area contributed by atoms with Gasteiger partial charge in [-0.3, -0.25) is 0 Å². The molecule has 98 valence electrons. The van der Waals surface area contributed by atoms with Gasteiger partial charge in [-0.1, -0.05) is 13.8 Å². The van der Waals surface area contributed by atoms with E-state index in [4.69, 9.17) is 10.5 Å². The Balaban J connectivity index is 1.71. The minimum Gasteiger partial charge on any atom is -0.375 e. The molecule has 3 aliphatic rings. The molecule has 0 aromatic heterocycles. The lowest BCUT2D eigenvalue weighted by Crippen LogP contribution is -2.54. The molecule has 0 aromatic carbocycles. The molecule has 1 spiro atoms. The van der Waals surface area contributed by atoms with Gasteiger partial charge in [-0.2, -0.15) is 0 Å². The molecule has 2 nitrogen and oxygen atoms in total. The van der Waals surface area contributed by atoms with Gasteiger partial charge in [-0.25, -0.2) is 0 Å². The highest BCUT2D eigenvalue weighted by atomic mass is 16.5. The molecule has 2 atom stereocenters. The number of hydrogen-bond donors (Lipinski definition) is 1. The summed E-state index contributed by atoms with van der Waals surface area (Å²) in [4.78, 5) is 0. The van der Waals surface area contributed by atoms with Crippen LogP contribution in [-0.2, 0) is 4.74 Å². The van der Waals surface area contributed by atoms with E-state index in [0.29, 0.717) is 11.3 Å². The summed E-state index contributed by atoms with van der Waals surface area (Å²) in [6.45, 7) is 5.70. The fourth-order valence-electron chi connectivity index (χ4n) is 4.43. The minimum absolute atomic E-state index is 0.107. The SMILES string of the molecule is CC1(C)CCC(N)(C2CCOC3(CCC3)C2)C1. The van der Waals surface area contributed by atoms with Gasteiger partial charge >= 0.3 is 0 Å². The Kier molecular flexibility index (Phi) is 2.61. The van der Waals surface area contributed by atoms with Crippen LogP contribution < -0.4 is 5.73 Å². The molecule has 2 heteroatoms. The Morgan fingerprint density at radius 3 is 2.41 bits per heavy atom. The lowest BCUT2D eigenvalue weighted by atomic mass is 9.66. The zero-order valence-electron chi connectivity index (χ0n) is 11.4. The predicted molar refractivity (Wildman–Crippen MR) is 69.8 cm³/mol. The molecular weight excluding hydrogens is 210 g/mol. The molecule has 2 unspecified atom stereocenters. The van der Waals surface area contributed by atoms with Gasteiger partial charge in [-0.05, 0) is 62.7 Å². The molecule has 0 amide bonds. The Morgan fingerprint density at radius 2 is 1.88 bits per heavy atom. The highest BCUT2D eigenvalue weighted by molar-refractivity contribution is 5.06. The summed E-state index contributed by atoms with van der Waals surface area (Å²) >= 11 is 0. The van der Waals surface area contributed by atoms with Gasteiger partial charge in [0, 0.05) is 12.1 Å². The van der Waals surface area contributed by atoms with Crippen LogP contribution in [0.5, 0.6) is 0 Å². The Morgan fingerprint density at radius 1 is 1.12 bits per heavy atom. The number of ether oxygens (including phenoxy) is 1. The molecule has 1 saturated heterocycles. The second-order valence-electron chi connectivity index (χ2n) is 7.65.